The van der Waals surface area contributed by atoms with Crippen LogP contribution in [-0.2, 0) is 36.3 Å². The molecule has 0 aromatic carbocycles. The normalized spacial score (nSPS) is 20.8. The van der Waals surface area contributed by atoms with Crippen molar-refractivity contribution in [2.75, 3.05) is 13.1 Å². The van der Waals surface area contributed by atoms with Crippen molar-refractivity contribution < 1.29 is 27.8 Å². The van der Waals surface area contributed by atoms with Crippen LogP contribution in [0, 0.1) is 0 Å². The van der Waals surface area contributed by atoms with Crippen LogP contribution in [0.3, 0.4) is 0 Å². The molecule has 8 nitrogen and oxygen atoms in total. The summed E-state index contributed by atoms with van der Waals surface area (Å²) in [5, 5.41) is 13.5. The lowest BCUT2D eigenvalue weighted by atomic mass is 10.0. The molecule has 0 bridgehead atoms. The van der Waals surface area contributed by atoms with Crippen LogP contribution >= 0.6 is 11.3 Å². The van der Waals surface area contributed by atoms with Gasteiger partial charge in [-0.15, -0.1) is 11.3 Å². The van der Waals surface area contributed by atoms with Gasteiger partial charge in [-0.3, -0.25) is 9.58 Å². The summed E-state index contributed by atoms with van der Waals surface area (Å²) in [4.78, 5) is 17.2. The number of nitrogens with zero attached hydrogens (tertiary/aromatic N) is 5. The third kappa shape index (κ3) is 4.87. The molecule has 172 valence electrons. The Morgan fingerprint density at radius 2 is 2.12 bits per heavy atom. The second-order valence-electron chi connectivity index (χ2n) is 7.88. The SMILES string of the molecule is Cn1cc(CN2CCC3(C2)Cn2c(-c4cccs4)cnc2CO3)cn1.O=C(O)C(F)(F)F. The van der Waals surface area contributed by atoms with Gasteiger partial charge in [-0.25, -0.2) is 9.78 Å². The lowest BCUT2D eigenvalue weighted by Gasteiger charge is -2.35. The smallest absolute Gasteiger partial charge is 0.475 e. The molecule has 1 N–H and O–H groups in total. The number of alkyl halides is 3. The van der Waals surface area contributed by atoms with Crippen LogP contribution in [0.4, 0.5) is 13.2 Å². The molecule has 3 aromatic rings. The Balaban J connectivity index is 0.000000307. The molecule has 3 aromatic heterocycles. The van der Waals surface area contributed by atoms with Gasteiger partial charge in [0, 0.05) is 38.4 Å². The molecule has 1 atom stereocenters. The van der Waals surface area contributed by atoms with Gasteiger partial charge < -0.3 is 14.4 Å². The van der Waals surface area contributed by atoms with Gasteiger partial charge in [0.2, 0.25) is 0 Å². The van der Waals surface area contributed by atoms with E-state index in [1.807, 2.05) is 24.1 Å². The minimum absolute atomic E-state index is 0.0953. The van der Waals surface area contributed by atoms with Gasteiger partial charge in [-0.05, 0) is 17.9 Å². The van der Waals surface area contributed by atoms with E-state index < -0.39 is 12.1 Å². The predicted octanol–water partition coefficient (Wildman–Crippen LogP) is 3.15. The standard InChI is InChI=1S/C18H21N5OS.C2HF3O2/c1-21-9-14(7-20-21)10-22-5-4-18(12-22)13-23-15(16-3-2-6-25-16)8-19-17(23)11-24-18;3-2(4,5)1(6)7/h2-3,6-9H,4-5,10-13H2,1H3;(H,6,7). The molecule has 0 amide bonds. The minimum Gasteiger partial charge on any atom is -0.475 e. The summed E-state index contributed by atoms with van der Waals surface area (Å²) in [7, 11) is 1.96. The maximum atomic E-state index is 10.6. The Labute approximate surface area is 185 Å². The van der Waals surface area contributed by atoms with Gasteiger partial charge >= 0.3 is 12.1 Å². The van der Waals surface area contributed by atoms with E-state index in [-0.39, 0.29) is 5.60 Å². The van der Waals surface area contributed by atoms with Gasteiger partial charge in [-0.1, -0.05) is 6.07 Å². The maximum Gasteiger partial charge on any atom is 0.490 e. The molecule has 1 saturated heterocycles. The summed E-state index contributed by atoms with van der Waals surface area (Å²) in [6.45, 7) is 4.45. The average molecular weight is 469 g/mol. The number of aryl methyl sites for hydroxylation is 1. The fourth-order valence-electron chi connectivity index (χ4n) is 4.00. The highest BCUT2D eigenvalue weighted by Gasteiger charge is 2.43. The molecule has 5 rings (SSSR count). The highest BCUT2D eigenvalue weighted by Crippen LogP contribution is 2.36. The van der Waals surface area contributed by atoms with Crippen LogP contribution in [0.15, 0.2) is 36.1 Å². The third-order valence-corrected chi connectivity index (χ3v) is 6.36. The van der Waals surface area contributed by atoms with Crippen molar-refractivity contribution >= 4 is 17.3 Å². The Morgan fingerprint density at radius 1 is 1.34 bits per heavy atom. The van der Waals surface area contributed by atoms with E-state index in [2.05, 4.69) is 43.3 Å². The fourth-order valence-corrected chi connectivity index (χ4v) is 4.74. The summed E-state index contributed by atoms with van der Waals surface area (Å²) in [5.41, 5.74) is 2.39. The van der Waals surface area contributed by atoms with E-state index in [1.165, 1.54) is 16.1 Å². The van der Waals surface area contributed by atoms with Crippen molar-refractivity contribution in [1.29, 1.82) is 0 Å². The second kappa shape index (κ2) is 8.68. The van der Waals surface area contributed by atoms with Crippen LogP contribution in [-0.4, -0.2) is 60.2 Å². The maximum absolute atomic E-state index is 10.6. The molecule has 0 radical (unpaired) electrons. The Bertz CT molecular complexity index is 1080. The van der Waals surface area contributed by atoms with E-state index in [9.17, 15) is 13.2 Å². The van der Waals surface area contributed by atoms with Gasteiger partial charge in [0.05, 0.1) is 29.5 Å². The molecule has 12 heteroatoms. The van der Waals surface area contributed by atoms with Crippen LogP contribution in [0.1, 0.15) is 17.8 Å². The zero-order valence-electron chi connectivity index (χ0n) is 17.2. The first-order chi connectivity index (χ1) is 15.2. The molecular weight excluding hydrogens is 447 g/mol. The molecule has 0 aliphatic carbocycles. The Kier molecular flexibility index (Phi) is 6.10. The van der Waals surface area contributed by atoms with Crippen molar-refractivity contribution in [2.45, 2.75) is 37.9 Å². The van der Waals surface area contributed by atoms with Crippen LogP contribution in [0.5, 0.6) is 0 Å². The van der Waals surface area contributed by atoms with Crippen molar-refractivity contribution in [1.82, 2.24) is 24.2 Å². The number of carbonyl (C=O) groups is 1. The number of aliphatic carboxylic acids is 1. The first-order valence-electron chi connectivity index (χ1n) is 9.87. The summed E-state index contributed by atoms with van der Waals surface area (Å²) in [6.07, 6.45) is 2.02. The second-order valence-corrected chi connectivity index (χ2v) is 8.83. The number of aromatic nitrogens is 4. The number of hydrogen-bond acceptors (Lipinski definition) is 6. The highest BCUT2D eigenvalue weighted by molar-refractivity contribution is 7.13. The number of carboxylic acids is 1. The average Bonchev–Trinajstić information content (AvgIpc) is 3.50. The van der Waals surface area contributed by atoms with E-state index in [0.717, 1.165) is 38.4 Å². The lowest BCUT2D eigenvalue weighted by Crippen LogP contribution is -2.44. The quantitative estimate of drug-likeness (QED) is 0.635. The fraction of sp³-hybridized carbons (Fsp3) is 0.450. The van der Waals surface area contributed by atoms with Crippen molar-refractivity contribution in [3.8, 4) is 10.6 Å². The van der Waals surface area contributed by atoms with E-state index in [4.69, 9.17) is 14.6 Å². The molecule has 1 spiro atoms. The monoisotopic (exact) mass is 469 g/mol. The third-order valence-electron chi connectivity index (χ3n) is 5.47. The number of rotatable bonds is 3. The van der Waals surface area contributed by atoms with E-state index >= 15 is 0 Å². The van der Waals surface area contributed by atoms with Crippen molar-refractivity contribution in [3.05, 3.63) is 47.5 Å². The molecule has 1 fully saturated rings. The summed E-state index contributed by atoms with van der Waals surface area (Å²) < 4.78 is 42.3. The summed E-state index contributed by atoms with van der Waals surface area (Å²) in [5.74, 6) is -1.72. The molecule has 1 unspecified atom stereocenters. The van der Waals surface area contributed by atoms with E-state index in [0.29, 0.717) is 6.61 Å². The molecule has 5 heterocycles. The van der Waals surface area contributed by atoms with E-state index in [1.54, 1.807) is 11.3 Å². The zero-order valence-corrected chi connectivity index (χ0v) is 18.1. The minimum atomic E-state index is -5.08. The summed E-state index contributed by atoms with van der Waals surface area (Å²) in [6, 6.07) is 4.26. The molecule has 2 aliphatic heterocycles. The Morgan fingerprint density at radius 3 is 2.75 bits per heavy atom. The lowest BCUT2D eigenvalue weighted by molar-refractivity contribution is -0.192. The molecular formula is C20H22F3N5O3S. The topological polar surface area (TPSA) is 85.4 Å². The molecule has 32 heavy (non-hydrogen) atoms. The predicted molar refractivity (Wildman–Crippen MR) is 110 cm³/mol. The van der Waals surface area contributed by atoms with Crippen molar-refractivity contribution in [2.24, 2.45) is 7.05 Å². The summed E-state index contributed by atoms with van der Waals surface area (Å²) >= 11 is 1.77. The van der Waals surface area contributed by atoms with Crippen LogP contribution in [0.2, 0.25) is 0 Å². The number of halogens is 3. The Hall–Kier alpha value is -2.70. The number of fused-ring (bicyclic) bond motifs is 1. The number of thiophene rings is 1. The van der Waals surface area contributed by atoms with Gasteiger partial charge in [0.1, 0.15) is 18.0 Å². The zero-order chi connectivity index (χ0) is 22.9. The highest BCUT2D eigenvalue weighted by atomic mass is 32.1. The number of ether oxygens (including phenoxy) is 1. The van der Waals surface area contributed by atoms with Crippen molar-refractivity contribution in [3.63, 3.8) is 0 Å². The van der Waals surface area contributed by atoms with Gasteiger partial charge in [0.15, 0.2) is 0 Å². The number of hydrogen-bond donors (Lipinski definition) is 1. The number of imidazole rings is 1. The molecule has 2 aliphatic rings. The van der Waals surface area contributed by atoms with Gasteiger partial charge in [0.25, 0.3) is 0 Å². The van der Waals surface area contributed by atoms with Crippen LogP contribution < -0.4 is 0 Å². The first-order valence-corrected chi connectivity index (χ1v) is 10.8. The largest absolute Gasteiger partial charge is 0.490 e. The van der Waals surface area contributed by atoms with Gasteiger partial charge in [-0.2, -0.15) is 18.3 Å². The number of carboxylic acid groups (broad SMARTS) is 1. The van der Waals surface area contributed by atoms with Crippen LogP contribution in [0.25, 0.3) is 10.6 Å². The molecule has 0 saturated carbocycles. The first kappa shape index (κ1) is 22.5. The number of likely N-dealkylation sites (tertiary alicyclic amines) is 1.